The predicted molar refractivity (Wildman–Crippen MR) is 130 cm³/mol. The average molecular weight is 480 g/mol. The van der Waals surface area contributed by atoms with Gasteiger partial charge in [0.15, 0.2) is 0 Å². The van der Waals surface area contributed by atoms with E-state index < -0.39 is 0 Å². The van der Waals surface area contributed by atoms with E-state index >= 15 is 0 Å². The molecule has 0 radical (unpaired) electrons. The minimum Gasteiger partial charge on any atom is -0.466 e. The smallest absolute Gasteiger partial charge is 0.307 e. The number of hydrogen-bond donors (Lipinski definition) is 0. The summed E-state index contributed by atoms with van der Waals surface area (Å²) in [6.07, 6.45) is 0.299. The molecule has 31 heavy (non-hydrogen) atoms. The normalized spacial score (nSPS) is 13.1. The van der Waals surface area contributed by atoms with Gasteiger partial charge in [0.05, 0.1) is 13.0 Å². The van der Waals surface area contributed by atoms with Crippen LogP contribution < -0.4 is 0 Å². The predicted octanol–water partition coefficient (Wildman–Crippen LogP) is 7.02. The largest absolute Gasteiger partial charge is 0.466 e. The van der Waals surface area contributed by atoms with Gasteiger partial charge in [0.25, 0.3) is 0 Å². The lowest BCUT2D eigenvalue weighted by molar-refractivity contribution is -0.145. The highest BCUT2D eigenvalue weighted by Crippen LogP contribution is 2.36. The first-order chi connectivity index (χ1) is 15.0. The minimum absolute atomic E-state index is 0.111. The Labute approximate surface area is 194 Å². The summed E-state index contributed by atoms with van der Waals surface area (Å²) >= 11 is 3.64. The number of nitrogens with zero attached hydrogens (tertiary/aromatic N) is 1. The molecule has 3 nitrogen and oxygen atoms in total. The first kappa shape index (κ1) is 23.2. The summed E-state index contributed by atoms with van der Waals surface area (Å²) in [4.78, 5) is 15.1. The number of carbonyl (C=O) groups excluding carboxylic acids is 1. The molecule has 0 heterocycles. The first-order valence-corrected chi connectivity index (χ1v) is 11.5. The molecule has 0 bridgehead atoms. The average Bonchev–Trinajstić information content (AvgIpc) is 2.76. The quantitative estimate of drug-likeness (QED) is 0.309. The van der Waals surface area contributed by atoms with Crippen molar-refractivity contribution in [3.05, 3.63) is 106 Å². The number of benzene rings is 3. The molecule has 3 aromatic carbocycles. The van der Waals surface area contributed by atoms with E-state index in [1.54, 1.807) is 0 Å². The molecular formula is C27H30BrNO2. The van der Waals surface area contributed by atoms with Crippen LogP contribution in [-0.4, -0.2) is 17.5 Å². The highest BCUT2D eigenvalue weighted by atomic mass is 79.9. The van der Waals surface area contributed by atoms with Gasteiger partial charge in [-0.3, -0.25) is 9.69 Å². The number of ether oxygens (including phenoxy) is 1. The van der Waals surface area contributed by atoms with E-state index in [4.69, 9.17) is 4.74 Å². The maximum atomic E-state index is 12.7. The highest BCUT2D eigenvalue weighted by molar-refractivity contribution is 9.10. The summed E-state index contributed by atoms with van der Waals surface area (Å²) < 4.78 is 6.38. The number of hydrogen-bond acceptors (Lipinski definition) is 3. The van der Waals surface area contributed by atoms with Crippen LogP contribution in [0.25, 0.3) is 0 Å². The van der Waals surface area contributed by atoms with Gasteiger partial charge in [-0.1, -0.05) is 82.7 Å². The van der Waals surface area contributed by atoms with Crippen LogP contribution in [0.4, 0.5) is 0 Å². The van der Waals surface area contributed by atoms with Crippen LogP contribution in [0.15, 0.2) is 83.3 Å². The van der Waals surface area contributed by atoms with Gasteiger partial charge in [0.1, 0.15) is 0 Å². The second-order valence-corrected chi connectivity index (χ2v) is 8.75. The van der Waals surface area contributed by atoms with E-state index in [9.17, 15) is 4.79 Å². The van der Waals surface area contributed by atoms with E-state index in [1.165, 1.54) is 11.1 Å². The second-order valence-electron chi connectivity index (χ2n) is 7.83. The summed E-state index contributed by atoms with van der Waals surface area (Å²) in [6, 6.07) is 27.3. The fourth-order valence-electron chi connectivity index (χ4n) is 4.00. The van der Waals surface area contributed by atoms with E-state index in [1.807, 2.05) is 19.1 Å². The maximum absolute atomic E-state index is 12.7. The number of aryl methyl sites for hydroxylation is 1. The fraction of sp³-hybridized carbons (Fsp3) is 0.296. The Balaban J connectivity index is 2.06. The van der Waals surface area contributed by atoms with Gasteiger partial charge in [-0.05, 0) is 55.2 Å². The van der Waals surface area contributed by atoms with Crippen molar-refractivity contribution in [1.29, 1.82) is 0 Å². The van der Waals surface area contributed by atoms with Crippen LogP contribution >= 0.6 is 15.9 Å². The summed E-state index contributed by atoms with van der Waals surface area (Å²) in [5.74, 6) is -0.177. The second kappa shape index (κ2) is 11.3. The standard InChI is InChI=1S/C27H30BrNO2/c1-4-31-27(30)18-26(24-15-20(2)16-25(28)17-24)29(19-22-11-7-5-8-12-22)21(3)23-13-9-6-10-14-23/h5-17,21,26H,4,18-19H2,1-3H3/t21-,26+/m1/s1. The van der Waals surface area contributed by atoms with Crippen LogP contribution in [0, 0.1) is 6.92 Å². The summed E-state index contributed by atoms with van der Waals surface area (Å²) in [7, 11) is 0. The summed E-state index contributed by atoms with van der Waals surface area (Å²) in [5, 5.41) is 0. The molecule has 0 saturated carbocycles. The Kier molecular flexibility index (Phi) is 8.44. The van der Waals surface area contributed by atoms with Gasteiger partial charge in [-0.25, -0.2) is 0 Å². The molecule has 3 rings (SSSR count). The molecule has 0 saturated heterocycles. The molecule has 4 heteroatoms. The number of esters is 1. The maximum Gasteiger partial charge on any atom is 0.307 e. The molecule has 3 aromatic rings. The summed E-state index contributed by atoms with van der Waals surface area (Å²) in [6.45, 7) is 7.26. The zero-order chi connectivity index (χ0) is 22.2. The number of rotatable bonds is 9. The van der Waals surface area contributed by atoms with E-state index in [0.29, 0.717) is 13.0 Å². The molecule has 0 aliphatic rings. The molecule has 162 valence electrons. The van der Waals surface area contributed by atoms with Gasteiger partial charge in [0, 0.05) is 23.1 Å². The third-order valence-corrected chi connectivity index (χ3v) is 5.96. The monoisotopic (exact) mass is 479 g/mol. The third kappa shape index (κ3) is 6.52. The van der Waals surface area contributed by atoms with Gasteiger partial charge in [-0.15, -0.1) is 0 Å². The SMILES string of the molecule is CCOC(=O)C[C@@H](c1cc(C)cc(Br)c1)N(Cc1ccccc1)[C@H](C)c1ccccc1. The highest BCUT2D eigenvalue weighted by Gasteiger charge is 2.29. The molecule has 0 amide bonds. The Morgan fingerprint density at radius 3 is 2.23 bits per heavy atom. The Morgan fingerprint density at radius 1 is 0.968 bits per heavy atom. The van der Waals surface area contributed by atoms with Crippen molar-refractivity contribution in [2.24, 2.45) is 0 Å². The molecule has 0 aliphatic heterocycles. The zero-order valence-corrected chi connectivity index (χ0v) is 20.0. The Hall–Kier alpha value is -2.43. The van der Waals surface area contributed by atoms with Gasteiger partial charge >= 0.3 is 5.97 Å². The molecule has 0 spiro atoms. The first-order valence-electron chi connectivity index (χ1n) is 10.7. The van der Waals surface area contributed by atoms with Gasteiger partial charge in [0.2, 0.25) is 0 Å². The lowest BCUT2D eigenvalue weighted by Gasteiger charge is -2.37. The van der Waals surface area contributed by atoms with Crippen LogP contribution in [0.3, 0.4) is 0 Å². The zero-order valence-electron chi connectivity index (χ0n) is 18.4. The van der Waals surface area contributed by atoms with Crippen molar-refractivity contribution in [3.63, 3.8) is 0 Å². The van der Waals surface area contributed by atoms with Crippen LogP contribution in [0.1, 0.15) is 54.6 Å². The van der Waals surface area contributed by atoms with E-state index in [2.05, 4.69) is 101 Å². The number of halogens is 1. The topological polar surface area (TPSA) is 29.5 Å². The molecule has 0 aliphatic carbocycles. The third-order valence-electron chi connectivity index (χ3n) is 5.50. The van der Waals surface area contributed by atoms with Crippen molar-refractivity contribution < 1.29 is 9.53 Å². The minimum atomic E-state index is -0.177. The fourth-order valence-corrected chi connectivity index (χ4v) is 4.62. The molecule has 2 atom stereocenters. The molecule has 0 unspecified atom stereocenters. The van der Waals surface area contributed by atoms with Crippen molar-refractivity contribution in [2.45, 2.75) is 45.8 Å². The Bertz CT molecular complexity index is 955. The lowest BCUT2D eigenvalue weighted by atomic mass is 9.95. The van der Waals surface area contributed by atoms with Crippen molar-refractivity contribution in [1.82, 2.24) is 4.90 Å². The van der Waals surface area contributed by atoms with E-state index in [0.717, 1.165) is 22.1 Å². The van der Waals surface area contributed by atoms with Crippen molar-refractivity contribution in [2.75, 3.05) is 6.61 Å². The Morgan fingerprint density at radius 2 is 1.61 bits per heavy atom. The lowest BCUT2D eigenvalue weighted by Crippen LogP contribution is -2.33. The van der Waals surface area contributed by atoms with Crippen LogP contribution in [-0.2, 0) is 16.1 Å². The van der Waals surface area contributed by atoms with Crippen LogP contribution in [0.5, 0.6) is 0 Å². The van der Waals surface area contributed by atoms with Crippen molar-refractivity contribution in [3.8, 4) is 0 Å². The van der Waals surface area contributed by atoms with E-state index in [-0.39, 0.29) is 18.1 Å². The van der Waals surface area contributed by atoms with Gasteiger partial charge in [-0.2, -0.15) is 0 Å². The van der Waals surface area contributed by atoms with Crippen molar-refractivity contribution >= 4 is 21.9 Å². The van der Waals surface area contributed by atoms with Crippen LogP contribution in [0.2, 0.25) is 0 Å². The summed E-state index contributed by atoms with van der Waals surface area (Å²) in [5.41, 5.74) is 4.70. The number of carbonyl (C=O) groups is 1. The molecular weight excluding hydrogens is 450 g/mol. The molecule has 0 fully saturated rings. The van der Waals surface area contributed by atoms with Gasteiger partial charge < -0.3 is 4.74 Å². The molecule has 0 aromatic heterocycles. The molecule has 0 N–H and O–H groups in total.